The third kappa shape index (κ3) is 82.6. The molecule has 0 aromatic heterocycles. The maximum absolute atomic E-state index is 13.2. The zero-order chi connectivity index (χ0) is 80.6. The van der Waals surface area contributed by atoms with Gasteiger partial charge in [-0.25, -0.2) is 9.13 Å². The molecule has 0 bridgehead atoms. The SMILES string of the molecule is CCCCCCCCCCCCCCCCCCCCCCC(=O)OC[C@H](COP(=O)(O)OC[C@@H](O)COP(=O)(O)OC[C@@H](COC(=O)CCCCCCCCCC(C)C)OC(=O)CCCCCCCCCCCCCCCCCCCC)OC(=O)CCCCCCCCCCCCCCCCCCCCC(C)CC. The summed E-state index contributed by atoms with van der Waals surface area (Å²) in [6, 6.07) is 0. The summed E-state index contributed by atoms with van der Waals surface area (Å²) in [5.41, 5.74) is 0. The zero-order valence-corrected chi connectivity index (χ0v) is 74.4. The second-order valence-corrected chi connectivity index (χ2v) is 36.3. The van der Waals surface area contributed by atoms with Gasteiger partial charge in [0.2, 0.25) is 0 Å². The second kappa shape index (κ2) is 82.2. The van der Waals surface area contributed by atoms with Crippen molar-refractivity contribution < 1.29 is 80.2 Å². The Balaban J connectivity index is 5.22. The molecule has 0 spiro atoms. The number of unbranched alkanes of at least 4 members (excludes halogenated alkanes) is 59. The quantitative estimate of drug-likeness (QED) is 0.0222. The molecular weight excluding hydrogens is 1430 g/mol. The Hall–Kier alpha value is -1.94. The van der Waals surface area contributed by atoms with Crippen LogP contribution in [-0.4, -0.2) is 96.7 Å². The molecule has 110 heavy (non-hydrogen) atoms. The average Bonchev–Trinajstić information content (AvgIpc) is 0.900. The summed E-state index contributed by atoms with van der Waals surface area (Å²) in [5, 5.41) is 10.7. The summed E-state index contributed by atoms with van der Waals surface area (Å²) < 4.78 is 69.0. The first kappa shape index (κ1) is 108. The van der Waals surface area contributed by atoms with Crippen molar-refractivity contribution >= 4 is 39.5 Å². The lowest BCUT2D eigenvalue weighted by Crippen LogP contribution is -2.30. The molecule has 0 heterocycles. The molecule has 0 aliphatic rings. The molecule has 3 unspecified atom stereocenters. The smallest absolute Gasteiger partial charge is 0.462 e. The van der Waals surface area contributed by atoms with Crippen LogP contribution in [0.3, 0.4) is 0 Å². The van der Waals surface area contributed by atoms with E-state index in [0.29, 0.717) is 31.6 Å². The van der Waals surface area contributed by atoms with Gasteiger partial charge in [-0.2, -0.15) is 0 Å². The highest BCUT2D eigenvalue weighted by Gasteiger charge is 2.31. The number of carbonyl (C=O) groups is 4. The number of hydrogen-bond donors (Lipinski definition) is 3. The molecule has 6 atom stereocenters. The molecule has 0 saturated carbocycles. The first-order valence-corrected chi connectivity index (χ1v) is 50.0. The molecule has 0 fully saturated rings. The standard InChI is InChI=1S/C91H178O17P2/c1-7-10-12-14-16-18-20-22-24-26-28-29-34-37-41-45-49-55-61-67-73-88(93)101-79-86(107-90(95)75-69-64-57-51-47-43-39-35-31-30-32-36-40-44-48-54-60-66-72-84(6)9-3)81-105-109(97,98)103-77-85(92)78-104-110(99,100)106-82-87(80-102-89(94)74-68-62-58-52-53-59-65-71-83(4)5)108-91(96)76-70-63-56-50-46-42-38-33-27-25-23-21-19-17-15-13-11-8-2/h83-87,92H,7-82H2,1-6H3,(H,97,98)(H,99,100)/t84?,85-,86-,87-/m1/s1. The minimum Gasteiger partial charge on any atom is -0.462 e. The number of ether oxygens (including phenoxy) is 4. The molecule has 0 amide bonds. The number of phosphoric ester groups is 2. The fourth-order valence-electron chi connectivity index (χ4n) is 14.3. The van der Waals surface area contributed by atoms with Crippen LogP contribution < -0.4 is 0 Å². The number of rotatable bonds is 90. The van der Waals surface area contributed by atoms with Crippen LogP contribution in [0.5, 0.6) is 0 Å². The Morgan fingerprint density at radius 3 is 0.691 bits per heavy atom. The predicted molar refractivity (Wildman–Crippen MR) is 455 cm³/mol. The fourth-order valence-corrected chi connectivity index (χ4v) is 15.9. The minimum absolute atomic E-state index is 0.108. The summed E-state index contributed by atoms with van der Waals surface area (Å²) >= 11 is 0. The number of carbonyl (C=O) groups excluding carboxylic acids is 4. The van der Waals surface area contributed by atoms with E-state index in [1.807, 2.05) is 0 Å². The van der Waals surface area contributed by atoms with Gasteiger partial charge < -0.3 is 33.8 Å². The summed E-state index contributed by atoms with van der Waals surface area (Å²) in [6.45, 7) is 9.71. The van der Waals surface area contributed by atoms with E-state index in [1.165, 1.54) is 302 Å². The van der Waals surface area contributed by atoms with Crippen molar-refractivity contribution in [1.29, 1.82) is 0 Å². The van der Waals surface area contributed by atoms with Crippen molar-refractivity contribution in [2.75, 3.05) is 39.6 Å². The van der Waals surface area contributed by atoms with Gasteiger partial charge in [0.25, 0.3) is 0 Å². The van der Waals surface area contributed by atoms with Gasteiger partial charge >= 0.3 is 39.5 Å². The van der Waals surface area contributed by atoms with Crippen molar-refractivity contribution in [2.45, 2.75) is 509 Å². The van der Waals surface area contributed by atoms with Gasteiger partial charge in [0, 0.05) is 25.7 Å². The molecule has 0 aliphatic carbocycles. The van der Waals surface area contributed by atoms with E-state index in [2.05, 4.69) is 41.5 Å². The molecule has 17 nitrogen and oxygen atoms in total. The lowest BCUT2D eigenvalue weighted by Gasteiger charge is -2.21. The van der Waals surface area contributed by atoms with Crippen molar-refractivity contribution in [3.8, 4) is 0 Å². The first-order chi connectivity index (χ1) is 53.4. The maximum Gasteiger partial charge on any atom is 0.472 e. The van der Waals surface area contributed by atoms with Gasteiger partial charge in [-0.05, 0) is 37.5 Å². The normalized spacial score (nSPS) is 14.0. The highest BCUT2D eigenvalue weighted by molar-refractivity contribution is 7.47. The number of aliphatic hydroxyl groups excluding tert-OH is 1. The molecule has 0 rings (SSSR count). The molecular formula is C91H178O17P2. The van der Waals surface area contributed by atoms with E-state index in [-0.39, 0.29) is 25.7 Å². The van der Waals surface area contributed by atoms with Crippen LogP contribution in [0.2, 0.25) is 0 Å². The third-order valence-corrected chi connectivity index (χ3v) is 23.7. The summed E-state index contributed by atoms with van der Waals surface area (Å²) in [5.74, 6) is -0.522. The molecule has 0 saturated heterocycles. The molecule has 3 N–H and O–H groups in total. The second-order valence-electron chi connectivity index (χ2n) is 33.4. The molecule has 0 radical (unpaired) electrons. The van der Waals surface area contributed by atoms with Gasteiger partial charge in [0.1, 0.15) is 19.3 Å². The highest BCUT2D eigenvalue weighted by atomic mass is 31.2. The largest absolute Gasteiger partial charge is 0.472 e. The average molecular weight is 1610 g/mol. The monoisotopic (exact) mass is 1610 g/mol. The highest BCUT2D eigenvalue weighted by Crippen LogP contribution is 2.45. The van der Waals surface area contributed by atoms with E-state index in [0.717, 1.165) is 102 Å². The molecule has 0 aromatic carbocycles. The Labute approximate surface area is 677 Å². The van der Waals surface area contributed by atoms with E-state index in [4.69, 9.17) is 37.0 Å². The van der Waals surface area contributed by atoms with Crippen LogP contribution >= 0.6 is 15.6 Å². The lowest BCUT2D eigenvalue weighted by molar-refractivity contribution is -0.161. The van der Waals surface area contributed by atoms with Crippen LogP contribution in [0.4, 0.5) is 0 Å². The first-order valence-electron chi connectivity index (χ1n) is 47.0. The fraction of sp³-hybridized carbons (Fsp3) is 0.956. The van der Waals surface area contributed by atoms with Crippen molar-refractivity contribution in [1.82, 2.24) is 0 Å². The topological polar surface area (TPSA) is 237 Å². The van der Waals surface area contributed by atoms with Crippen LogP contribution in [0, 0.1) is 11.8 Å². The summed E-state index contributed by atoms with van der Waals surface area (Å²) in [7, 11) is -9.93. The maximum atomic E-state index is 13.2. The Morgan fingerprint density at radius 2 is 0.464 bits per heavy atom. The van der Waals surface area contributed by atoms with Crippen molar-refractivity contribution in [2.24, 2.45) is 11.8 Å². The lowest BCUT2D eigenvalue weighted by atomic mass is 9.99. The summed E-state index contributed by atoms with van der Waals surface area (Å²) in [6.07, 6.45) is 76.6. The Kier molecular flexibility index (Phi) is 80.7. The third-order valence-electron chi connectivity index (χ3n) is 21.8. The summed E-state index contributed by atoms with van der Waals surface area (Å²) in [4.78, 5) is 73.4. The van der Waals surface area contributed by atoms with E-state index in [9.17, 15) is 43.2 Å². The zero-order valence-electron chi connectivity index (χ0n) is 72.6. The van der Waals surface area contributed by atoms with Crippen LogP contribution in [0.25, 0.3) is 0 Å². The molecule has 19 heteroatoms. The Morgan fingerprint density at radius 1 is 0.264 bits per heavy atom. The van der Waals surface area contributed by atoms with Crippen LogP contribution in [0.15, 0.2) is 0 Å². The number of esters is 4. The van der Waals surface area contributed by atoms with Crippen LogP contribution in [0.1, 0.15) is 491 Å². The van der Waals surface area contributed by atoms with Gasteiger partial charge in [0.05, 0.1) is 26.4 Å². The van der Waals surface area contributed by atoms with Gasteiger partial charge in [-0.3, -0.25) is 37.3 Å². The van der Waals surface area contributed by atoms with Crippen molar-refractivity contribution in [3.05, 3.63) is 0 Å². The van der Waals surface area contributed by atoms with Gasteiger partial charge in [0.15, 0.2) is 12.2 Å². The van der Waals surface area contributed by atoms with Gasteiger partial charge in [-0.15, -0.1) is 0 Å². The number of aliphatic hydroxyl groups is 1. The van der Waals surface area contributed by atoms with E-state index < -0.39 is 97.5 Å². The molecule has 0 aliphatic heterocycles. The van der Waals surface area contributed by atoms with E-state index in [1.54, 1.807) is 0 Å². The van der Waals surface area contributed by atoms with Crippen molar-refractivity contribution in [3.63, 3.8) is 0 Å². The van der Waals surface area contributed by atoms with Crippen LogP contribution in [-0.2, 0) is 65.4 Å². The predicted octanol–water partition coefficient (Wildman–Crippen LogP) is 28.2. The van der Waals surface area contributed by atoms with E-state index >= 15 is 0 Å². The number of hydrogen-bond acceptors (Lipinski definition) is 15. The number of phosphoric acid groups is 2. The molecule has 0 aromatic rings. The molecule has 654 valence electrons. The minimum atomic E-state index is -4.97. The Bertz CT molecular complexity index is 2100. The van der Waals surface area contributed by atoms with Gasteiger partial charge in [-0.1, -0.05) is 440 Å².